The van der Waals surface area contributed by atoms with Crippen molar-refractivity contribution in [2.75, 3.05) is 166 Å². The van der Waals surface area contributed by atoms with Crippen molar-refractivity contribution in [3.05, 3.63) is 0 Å². The molecule has 0 radical (unpaired) electrons. The van der Waals surface area contributed by atoms with E-state index in [1.807, 2.05) is 6.92 Å². The van der Waals surface area contributed by atoms with Crippen LogP contribution in [0.2, 0.25) is 0 Å². The topological polar surface area (TPSA) is 52.6 Å². The molecule has 0 aliphatic carbocycles. The van der Waals surface area contributed by atoms with E-state index in [0.717, 1.165) is 45.7 Å². The molecular weight excluding hydrogens is 697 g/mol. The van der Waals surface area contributed by atoms with E-state index < -0.39 is 0 Å². The molecule has 0 amide bonds. The van der Waals surface area contributed by atoms with Gasteiger partial charge in [0.25, 0.3) is 0 Å². The van der Waals surface area contributed by atoms with Gasteiger partial charge in [0.1, 0.15) is 0 Å². The van der Waals surface area contributed by atoms with Crippen LogP contribution in [0, 0.1) is 0 Å². The van der Waals surface area contributed by atoms with E-state index in [4.69, 9.17) is 0 Å². The van der Waals surface area contributed by atoms with Gasteiger partial charge in [0.15, 0.2) is 0 Å². The summed E-state index contributed by atoms with van der Waals surface area (Å²) in [5, 5.41) is 9.47. The van der Waals surface area contributed by atoms with E-state index >= 15 is 0 Å². The molecule has 56 heavy (non-hydrogen) atoms. The Labute approximate surface area is 354 Å². The Morgan fingerprint density at radius 3 is 0.893 bits per heavy atom. The van der Waals surface area contributed by atoms with Crippen molar-refractivity contribution in [2.45, 2.75) is 136 Å². The Morgan fingerprint density at radius 1 is 0.375 bits per heavy atom. The summed E-state index contributed by atoms with van der Waals surface area (Å²) < 4.78 is 0. The molecule has 1 atom stereocenters. The summed E-state index contributed by atoms with van der Waals surface area (Å²) in [4.78, 5) is 22.9. The van der Waals surface area contributed by atoms with E-state index in [2.05, 4.69) is 252 Å². The highest BCUT2D eigenvalue weighted by molar-refractivity contribution is 4.89. The number of aliphatic hydroxyl groups is 1. The number of aliphatic hydroxyl groups excluding tert-OH is 1. The van der Waals surface area contributed by atoms with Crippen LogP contribution < -0.4 is 0 Å². The molecule has 0 fully saturated rings. The van der Waals surface area contributed by atoms with Crippen LogP contribution in [0.4, 0.5) is 0 Å². The first-order valence-corrected chi connectivity index (χ1v) is 21.1. The number of likely N-dealkylation sites (N-methyl/N-ethyl adjacent to an activating group) is 10. The first-order chi connectivity index (χ1) is 24.6. The van der Waals surface area contributed by atoms with Gasteiger partial charge in [0, 0.05) is 79.0 Å². The predicted molar refractivity (Wildman–Crippen MR) is 254 cm³/mol. The van der Waals surface area contributed by atoms with Gasteiger partial charge in [0.2, 0.25) is 0 Å². The molecule has 344 valence electrons. The van der Waals surface area contributed by atoms with Crippen LogP contribution in [-0.2, 0) is 0 Å². The van der Waals surface area contributed by atoms with Gasteiger partial charge in [-0.2, -0.15) is 0 Å². The normalized spacial score (nSPS) is 14.3. The first-order valence-electron chi connectivity index (χ1n) is 21.1. The third-order valence-corrected chi connectivity index (χ3v) is 12.1. The third kappa shape index (κ3) is 28.1. The Kier molecular flexibility index (Phi) is 29.7. The minimum Gasteiger partial charge on any atom is -0.392 e. The summed E-state index contributed by atoms with van der Waals surface area (Å²) in [6.07, 6.45) is 0.864. The molecule has 1 unspecified atom stereocenters. The van der Waals surface area contributed by atoms with Crippen LogP contribution in [0.1, 0.15) is 96.4 Å². The molecule has 0 spiro atoms. The van der Waals surface area contributed by atoms with Crippen LogP contribution in [-0.4, -0.2) is 259 Å². The minimum atomic E-state index is -0.274. The zero-order valence-corrected chi connectivity index (χ0v) is 44.2. The number of hydrogen-bond acceptors (Lipinski definition) is 11. The summed E-state index contributed by atoms with van der Waals surface area (Å²) in [7, 11) is 36.3. The summed E-state index contributed by atoms with van der Waals surface area (Å²) >= 11 is 0. The maximum absolute atomic E-state index is 9.47. The predicted octanol–water partition coefficient (Wildman–Crippen LogP) is 5.11. The number of nitrogens with zero attached hydrogens (tertiary/aromatic N) is 10. The summed E-state index contributed by atoms with van der Waals surface area (Å²) in [5.74, 6) is 0. The van der Waals surface area contributed by atoms with E-state index in [1.54, 1.807) is 0 Å². The molecule has 11 heteroatoms. The molecule has 1 N–H and O–H groups in total. The molecule has 0 rings (SSSR count). The van der Waals surface area contributed by atoms with Crippen molar-refractivity contribution < 1.29 is 5.11 Å². The molecular formula is C45H108N10O. The first kappa shape index (κ1) is 62.2. The van der Waals surface area contributed by atoms with E-state index in [0.29, 0.717) is 6.54 Å². The zero-order chi connectivity index (χ0) is 46.0. The van der Waals surface area contributed by atoms with Crippen molar-refractivity contribution in [1.29, 1.82) is 0 Å². The van der Waals surface area contributed by atoms with E-state index in [-0.39, 0.29) is 39.3 Å². The highest BCUT2D eigenvalue weighted by Crippen LogP contribution is 2.22. The standard InChI is InChI=1S/C14H32N2O.C13H31N3.C10H25N3.C8H20N2/c1-9-13(3,4)16(8)11-14(5,6)15(7)10-12(2)17;1-12(2,14(5)6)10-16(9)11-13(3,4)15(7)8;1-10(13(6)7,8-11(2)3)9-12(4)5;1-8(2,10(5)6)7-9(3)4/h12,17H,9-11H2,1-8H3;10-11H2,1-9H3;8-9H2,1-7H3;7H2,1-6H3. The molecule has 0 aliphatic rings. The van der Waals surface area contributed by atoms with Crippen LogP contribution in [0.5, 0.6) is 0 Å². The van der Waals surface area contributed by atoms with Crippen LogP contribution in [0.15, 0.2) is 0 Å². The second-order valence-electron chi connectivity index (χ2n) is 22.0. The van der Waals surface area contributed by atoms with Gasteiger partial charge in [-0.3, -0.25) is 9.80 Å². The SMILES string of the molecule is CCC(C)(C)N(C)CC(C)(C)N(C)CC(C)O.CN(C)CC(C)(C)N(C)C.CN(C)CC(C)(CN(C)C)N(C)C.CN(CC(C)(C)N(C)C)CC(C)(C)N(C)C. The molecule has 0 saturated heterocycles. The maximum atomic E-state index is 9.47. The fourth-order valence-corrected chi connectivity index (χ4v) is 6.10. The van der Waals surface area contributed by atoms with Crippen molar-refractivity contribution in [3.63, 3.8) is 0 Å². The third-order valence-electron chi connectivity index (χ3n) is 12.1. The Balaban J connectivity index is -0.000000328. The van der Waals surface area contributed by atoms with E-state index in [1.165, 1.54) is 0 Å². The number of β-amino-alcohol motifs (C(OH)–C–C–N with tert-alkyl or cyclic N) is 1. The Hall–Kier alpha value is -0.440. The van der Waals surface area contributed by atoms with Crippen molar-refractivity contribution in [1.82, 2.24) is 49.0 Å². The van der Waals surface area contributed by atoms with Crippen molar-refractivity contribution >= 4 is 0 Å². The lowest BCUT2D eigenvalue weighted by molar-refractivity contribution is 0.0327. The van der Waals surface area contributed by atoms with Gasteiger partial charge >= 0.3 is 0 Å². The van der Waals surface area contributed by atoms with Gasteiger partial charge in [-0.1, -0.05) is 6.92 Å². The molecule has 0 bridgehead atoms. The largest absolute Gasteiger partial charge is 0.392 e. The number of rotatable bonds is 21. The number of hydrogen-bond donors (Lipinski definition) is 1. The van der Waals surface area contributed by atoms with Crippen LogP contribution in [0.3, 0.4) is 0 Å². The second kappa shape index (κ2) is 26.7. The lowest BCUT2D eigenvalue weighted by Gasteiger charge is -2.44. The quantitative estimate of drug-likeness (QED) is 0.169. The summed E-state index contributed by atoms with van der Waals surface area (Å²) in [6.45, 7) is 36.1. The molecule has 0 saturated carbocycles. The molecule has 0 aromatic carbocycles. The van der Waals surface area contributed by atoms with Crippen LogP contribution in [0.25, 0.3) is 0 Å². The smallest absolute Gasteiger partial charge is 0.0639 e. The summed E-state index contributed by atoms with van der Waals surface area (Å²) in [5.41, 5.74) is 1.24. The summed E-state index contributed by atoms with van der Waals surface area (Å²) in [6, 6.07) is 0. The zero-order valence-electron chi connectivity index (χ0n) is 44.2. The monoisotopic (exact) mass is 805 g/mol. The molecule has 0 aromatic heterocycles. The van der Waals surface area contributed by atoms with Crippen LogP contribution >= 0.6 is 0 Å². The molecule has 0 aromatic rings. The van der Waals surface area contributed by atoms with Crippen molar-refractivity contribution in [2.24, 2.45) is 0 Å². The van der Waals surface area contributed by atoms with Gasteiger partial charge < -0.3 is 44.3 Å². The Bertz CT molecular complexity index is 940. The van der Waals surface area contributed by atoms with Gasteiger partial charge in [-0.25, -0.2) is 0 Å². The lowest BCUT2D eigenvalue weighted by Crippen LogP contribution is -2.55. The minimum absolute atomic E-state index is 0.0676. The molecule has 11 nitrogen and oxygen atoms in total. The maximum Gasteiger partial charge on any atom is 0.0639 e. The van der Waals surface area contributed by atoms with Crippen molar-refractivity contribution in [3.8, 4) is 0 Å². The highest BCUT2D eigenvalue weighted by atomic mass is 16.3. The fraction of sp³-hybridized carbons (Fsp3) is 1.00. The fourth-order valence-electron chi connectivity index (χ4n) is 6.10. The average molecular weight is 805 g/mol. The molecule has 0 heterocycles. The van der Waals surface area contributed by atoms with Gasteiger partial charge in [-0.15, -0.1) is 0 Å². The Morgan fingerprint density at radius 2 is 0.679 bits per heavy atom. The second-order valence-corrected chi connectivity index (χ2v) is 22.0. The van der Waals surface area contributed by atoms with Gasteiger partial charge in [0.05, 0.1) is 6.10 Å². The lowest BCUT2D eigenvalue weighted by atomic mass is 9.95. The highest BCUT2D eigenvalue weighted by Gasteiger charge is 2.32. The van der Waals surface area contributed by atoms with Gasteiger partial charge in [-0.05, 0) is 209 Å². The van der Waals surface area contributed by atoms with E-state index in [9.17, 15) is 5.11 Å². The molecule has 0 aliphatic heterocycles. The average Bonchev–Trinajstić information content (AvgIpc) is 2.95.